The molecule has 0 radical (unpaired) electrons. The highest BCUT2D eigenvalue weighted by molar-refractivity contribution is 7.98. The number of rotatable bonds is 6. The fraction of sp³-hybridized carbons (Fsp3) is 0.227. The van der Waals surface area contributed by atoms with Crippen molar-refractivity contribution in [2.45, 2.75) is 30.4 Å². The summed E-state index contributed by atoms with van der Waals surface area (Å²) in [5, 5.41) is 0. The highest BCUT2D eigenvalue weighted by Gasteiger charge is 2.09. The Labute approximate surface area is 154 Å². The molecule has 1 heterocycles. The first-order valence-corrected chi connectivity index (χ1v) is 9.46. The minimum absolute atomic E-state index is 0.492. The molecular weight excluding hydrogens is 326 g/mol. The van der Waals surface area contributed by atoms with Crippen LogP contribution < -0.4 is 4.74 Å². The first kappa shape index (κ1) is 17.6. The number of aromatic nitrogens is 1. The van der Waals surface area contributed by atoms with Crippen LogP contribution in [0.5, 0.6) is 5.75 Å². The smallest absolute Gasteiger partial charge is 0.118 e. The van der Waals surface area contributed by atoms with Crippen molar-refractivity contribution >= 4 is 11.8 Å². The van der Waals surface area contributed by atoms with E-state index in [9.17, 15) is 0 Å². The summed E-state index contributed by atoms with van der Waals surface area (Å²) in [6, 6.07) is 19.1. The number of benzene rings is 2. The van der Waals surface area contributed by atoms with E-state index in [1.807, 2.05) is 24.5 Å². The molecule has 0 atom stereocenters. The minimum atomic E-state index is 0.492. The minimum Gasteiger partial charge on any atom is -0.497 e. The molecule has 2 nitrogen and oxygen atoms in total. The van der Waals surface area contributed by atoms with Crippen LogP contribution >= 0.6 is 11.8 Å². The number of nitrogens with zero attached hydrogens (tertiary/aromatic N) is 1. The molecule has 1 aromatic heterocycles. The van der Waals surface area contributed by atoms with Crippen molar-refractivity contribution in [2.24, 2.45) is 0 Å². The van der Waals surface area contributed by atoms with Gasteiger partial charge in [-0.1, -0.05) is 50.2 Å². The standard InChI is InChI=1S/C22H23NOS/c1-16(2)21-6-4-5-7-22(21)18-12-20(14-23-13-18)25-15-17-8-10-19(24-3)11-9-17/h4-14,16H,15H2,1-3H3. The van der Waals surface area contributed by atoms with E-state index >= 15 is 0 Å². The van der Waals surface area contributed by atoms with Crippen molar-refractivity contribution in [1.82, 2.24) is 4.98 Å². The Kier molecular flexibility index (Phi) is 5.77. The van der Waals surface area contributed by atoms with Gasteiger partial charge in [0.25, 0.3) is 0 Å². The SMILES string of the molecule is COc1ccc(CSc2cncc(-c3ccccc3C(C)C)c2)cc1. The molecule has 0 N–H and O–H groups in total. The van der Waals surface area contributed by atoms with Crippen molar-refractivity contribution in [1.29, 1.82) is 0 Å². The van der Waals surface area contributed by atoms with E-state index in [-0.39, 0.29) is 0 Å². The van der Waals surface area contributed by atoms with Gasteiger partial charge in [0, 0.05) is 28.6 Å². The summed E-state index contributed by atoms with van der Waals surface area (Å²) in [6.45, 7) is 4.46. The normalized spacial score (nSPS) is 10.9. The fourth-order valence-corrected chi connectivity index (χ4v) is 3.67. The topological polar surface area (TPSA) is 22.1 Å². The monoisotopic (exact) mass is 349 g/mol. The van der Waals surface area contributed by atoms with Crippen LogP contribution in [0.1, 0.15) is 30.9 Å². The quantitative estimate of drug-likeness (QED) is 0.497. The van der Waals surface area contributed by atoms with E-state index in [0.29, 0.717) is 5.92 Å². The second kappa shape index (κ2) is 8.21. The highest BCUT2D eigenvalue weighted by Crippen LogP contribution is 2.31. The third kappa shape index (κ3) is 4.43. The van der Waals surface area contributed by atoms with Crippen LogP contribution in [0.4, 0.5) is 0 Å². The summed E-state index contributed by atoms with van der Waals surface area (Å²) < 4.78 is 5.21. The van der Waals surface area contributed by atoms with E-state index in [2.05, 4.69) is 61.3 Å². The lowest BCUT2D eigenvalue weighted by molar-refractivity contribution is 0.414. The molecule has 0 bridgehead atoms. The average molecular weight is 349 g/mol. The Morgan fingerprint density at radius 3 is 2.48 bits per heavy atom. The molecule has 3 rings (SSSR count). The van der Waals surface area contributed by atoms with Gasteiger partial charge in [0.1, 0.15) is 5.75 Å². The molecule has 0 saturated heterocycles. The van der Waals surface area contributed by atoms with E-state index in [1.165, 1.54) is 27.1 Å². The molecule has 0 unspecified atom stereocenters. The second-order valence-electron chi connectivity index (χ2n) is 6.29. The first-order chi connectivity index (χ1) is 12.2. The van der Waals surface area contributed by atoms with Gasteiger partial charge in [-0.05, 0) is 40.8 Å². The number of pyridine rings is 1. The zero-order valence-corrected chi connectivity index (χ0v) is 15.7. The molecule has 0 aliphatic heterocycles. The zero-order valence-electron chi connectivity index (χ0n) is 14.9. The lowest BCUT2D eigenvalue weighted by atomic mass is 9.93. The van der Waals surface area contributed by atoms with Gasteiger partial charge in [0.05, 0.1) is 7.11 Å². The molecule has 0 fully saturated rings. The molecule has 2 aromatic carbocycles. The second-order valence-corrected chi connectivity index (χ2v) is 7.34. The van der Waals surface area contributed by atoms with Gasteiger partial charge in [0.2, 0.25) is 0 Å². The Balaban J connectivity index is 1.77. The van der Waals surface area contributed by atoms with Gasteiger partial charge in [0.15, 0.2) is 0 Å². The lowest BCUT2D eigenvalue weighted by Crippen LogP contribution is -1.92. The fourth-order valence-electron chi connectivity index (χ4n) is 2.80. The van der Waals surface area contributed by atoms with Gasteiger partial charge in [-0.25, -0.2) is 0 Å². The van der Waals surface area contributed by atoms with Gasteiger partial charge in [-0.2, -0.15) is 0 Å². The largest absolute Gasteiger partial charge is 0.497 e. The predicted octanol–water partition coefficient (Wildman–Crippen LogP) is 6.17. The van der Waals surface area contributed by atoms with Gasteiger partial charge in [-0.15, -0.1) is 11.8 Å². The van der Waals surface area contributed by atoms with Crippen LogP contribution in [0.2, 0.25) is 0 Å². The summed E-state index contributed by atoms with van der Waals surface area (Å²) in [5.74, 6) is 2.30. The predicted molar refractivity (Wildman–Crippen MR) is 106 cm³/mol. The Morgan fingerprint density at radius 1 is 1.00 bits per heavy atom. The van der Waals surface area contributed by atoms with Crippen LogP contribution in [0.25, 0.3) is 11.1 Å². The van der Waals surface area contributed by atoms with E-state index < -0.39 is 0 Å². The van der Waals surface area contributed by atoms with Crippen molar-refractivity contribution in [3.05, 3.63) is 78.1 Å². The zero-order chi connectivity index (χ0) is 17.6. The molecule has 0 spiro atoms. The summed E-state index contributed by atoms with van der Waals surface area (Å²) >= 11 is 1.81. The maximum absolute atomic E-state index is 5.21. The Hall–Kier alpha value is -2.26. The maximum atomic E-state index is 5.21. The third-order valence-electron chi connectivity index (χ3n) is 4.17. The van der Waals surface area contributed by atoms with Gasteiger partial charge >= 0.3 is 0 Å². The summed E-state index contributed by atoms with van der Waals surface area (Å²) in [6.07, 6.45) is 3.90. The van der Waals surface area contributed by atoms with Crippen molar-refractivity contribution in [3.8, 4) is 16.9 Å². The number of methoxy groups -OCH3 is 1. The van der Waals surface area contributed by atoms with Crippen LogP contribution in [0.15, 0.2) is 71.9 Å². The first-order valence-electron chi connectivity index (χ1n) is 8.47. The summed E-state index contributed by atoms with van der Waals surface area (Å²) in [5.41, 5.74) is 5.10. The molecule has 0 amide bonds. The maximum Gasteiger partial charge on any atom is 0.118 e. The number of hydrogen-bond acceptors (Lipinski definition) is 3. The molecule has 25 heavy (non-hydrogen) atoms. The molecule has 3 heteroatoms. The molecule has 0 saturated carbocycles. The van der Waals surface area contributed by atoms with Gasteiger partial charge < -0.3 is 4.74 Å². The van der Waals surface area contributed by atoms with Crippen LogP contribution in [0.3, 0.4) is 0 Å². The third-order valence-corrected chi connectivity index (χ3v) is 5.21. The van der Waals surface area contributed by atoms with Crippen LogP contribution in [0, 0.1) is 0 Å². The molecule has 3 aromatic rings. The molecular formula is C22H23NOS. The van der Waals surface area contributed by atoms with E-state index in [4.69, 9.17) is 4.74 Å². The van der Waals surface area contributed by atoms with Crippen molar-refractivity contribution in [3.63, 3.8) is 0 Å². The van der Waals surface area contributed by atoms with Crippen LogP contribution in [-0.2, 0) is 5.75 Å². The van der Waals surface area contributed by atoms with Crippen molar-refractivity contribution in [2.75, 3.05) is 7.11 Å². The van der Waals surface area contributed by atoms with Gasteiger partial charge in [-0.3, -0.25) is 4.98 Å². The van der Waals surface area contributed by atoms with Crippen molar-refractivity contribution < 1.29 is 4.74 Å². The number of ether oxygens (including phenoxy) is 1. The number of thioether (sulfide) groups is 1. The average Bonchev–Trinajstić information content (AvgIpc) is 2.67. The van der Waals surface area contributed by atoms with E-state index in [1.54, 1.807) is 18.9 Å². The van der Waals surface area contributed by atoms with E-state index in [0.717, 1.165) is 11.5 Å². The summed E-state index contributed by atoms with van der Waals surface area (Å²) in [4.78, 5) is 5.65. The highest BCUT2D eigenvalue weighted by atomic mass is 32.2. The number of hydrogen-bond donors (Lipinski definition) is 0. The Bertz CT molecular complexity index is 827. The summed E-state index contributed by atoms with van der Waals surface area (Å²) in [7, 11) is 1.69. The molecule has 128 valence electrons. The molecule has 0 aliphatic rings. The lowest BCUT2D eigenvalue weighted by Gasteiger charge is -2.13. The Morgan fingerprint density at radius 2 is 1.76 bits per heavy atom. The van der Waals surface area contributed by atoms with Crippen LogP contribution in [-0.4, -0.2) is 12.1 Å². The molecule has 0 aliphatic carbocycles.